The van der Waals surface area contributed by atoms with E-state index in [0.717, 1.165) is 63.2 Å². The van der Waals surface area contributed by atoms with E-state index in [4.69, 9.17) is 4.52 Å². The van der Waals surface area contributed by atoms with Gasteiger partial charge in [0.2, 0.25) is 0 Å². The minimum Gasteiger partial charge on any atom is -0.364 e. The molecule has 0 unspecified atom stereocenters. The van der Waals surface area contributed by atoms with Crippen LogP contribution < -0.4 is 5.32 Å². The van der Waals surface area contributed by atoms with Crippen LogP contribution in [0, 0.1) is 0 Å². The van der Waals surface area contributed by atoms with Crippen LogP contribution in [-0.2, 0) is 26.1 Å². The average molecular weight is 408 g/mol. The van der Waals surface area contributed by atoms with Crippen LogP contribution in [0.1, 0.15) is 17.1 Å². The standard InChI is InChI=1S/C22H29N7O/c1-23-22(29-14-12-27(13-15-29)18-20-8-16-30-26-20)25-17-21-24-9-11-28(21)10-7-19-5-3-2-4-6-19/h2-6,8-9,11,16H,7,10,12-15,17-18H2,1H3,(H,23,25). The Balaban J connectivity index is 1.26. The highest BCUT2D eigenvalue weighted by Gasteiger charge is 2.20. The lowest BCUT2D eigenvalue weighted by molar-refractivity contribution is 0.169. The Hall–Kier alpha value is -3.13. The Labute approximate surface area is 177 Å². The summed E-state index contributed by atoms with van der Waals surface area (Å²) >= 11 is 0. The van der Waals surface area contributed by atoms with Gasteiger partial charge in [-0.25, -0.2) is 4.98 Å². The number of rotatable bonds is 7. The molecule has 0 bridgehead atoms. The summed E-state index contributed by atoms with van der Waals surface area (Å²) in [6, 6.07) is 12.5. The molecule has 30 heavy (non-hydrogen) atoms. The largest absolute Gasteiger partial charge is 0.364 e. The smallest absolute Gasteiger partial charge is 0.194 e. The number of aromatic nitrogens is 3. The first kappa shape index (κ1) is 20.2. The topological polar surface area (TPSA) is 74.7 Å². The fourth-order valence-corrected chi connectivity index (χ4v) is 3.76. The zero-order valence-corrected chi connectivity index (χ0v) is 17.4. The zero-order valence-electron chi connectivity index (χ0n) is 17.4. The van der Waals surface area contributed by atoms with Gasteiger partial charge in [-0.3, -0.25) is 9.89 Å². The van der Waals surface area contributed by atoms with Gasteiger partial charge >= 0.3 is 0 Å². The number of nitrogens with one attached hydrogen (secondary N) is 1. The van der Waals surface area contributed by atoms with Crippen LogP contribution in [-0.4, -0.2) is 63.7 Å². The van der Waals surface area contributed by atoms with Crippen LogP contribution in [0.5, 0.6) is 0 Å². The van der Waals surface area contributed by atoms with Gasteiger partial charge in [0.25, 0.3) is 0 Å². The molecule has 1 fully saturated rings. The van der Waals surface area contributed by atoms with Crippen molar-refractivity contribution in [2.45, 2.75) is 26.1 Å². The molecular weight excluding hydrogens is 378 g/mol. The van der Waals surface area contributed by atoms with Gasteiger partial charge < -0.3 is 19.3 Å². The van der Waals surface area contributed by atoms with E-state index in [1.807, 2.05) is 25.5 Å². The molecule has 0 radical (unpaired) electrons. The summed E-state index contributed by atoms with van der Waals surface area (Å²) in [5.41, 5.74) is 2.32. The van der Waals surface area contributed by atoms with Crippen molar-refractivity contribution in [1.82, 2.24) is 29.8 Å². The van der Waals surface area contributed by atoms with Crippen LogP contribution in [0.4, 0.5) is 0 Å². The molecule has 8 nitrogen and oxygen atoms in total. The van der Waals surface area contributed by atoms with Gasteiger partial charge in [-0.2, -0.15) is 0 Å². The molecule has 158 valence electrons. The molecule has 2 aromatic heterocycles. The molecule has 3 aromatic rings. The fourth-order valence-electron chi connectivity index (χ4n) is 3.76. The monoisotopic (exact) mass is 407 g/mol. The van der Waals surface area contributed by atoms with Gasteiger partial charge in [0.15, 0.2) is 5.96 Å². The number of hydrogen-bond acceptors (Lipinski definition) is 5. The lowest BCUT2D eigenvalue weighted by atomic mass is 10.1. The Morgan fingerprint density at radius 3 is 2.70 bits per heavy atom. The number of aryl methyl sites for hydroxylation is 2. The molecule has 1 saturated heterocycles. The van der Waals surface area contributed by atoms with E-state index >= 15 is 0 Å². The number of benzene rings is 1. The number of nitrogens with zero attached hydrogens (tertiary/aromatic N) is 6. The van der Waals surface area contributed by atoms with Crippen molar-refractivity contribution in [3.8, 4) is 0 Å². The number of piperazine rings is 1. The van der Waals surface area contributed by atoms with Crippen LogP contribution in [0.25, 0.3) is 0 Å². The lowest BCUT2D eigenvalue weighted by Gasteiger charge is -2.36. The van der Waals surface area contributed by atoms with Crippen molar-refractivity contribution >= 4 is 5.96 Å². The summed E-state index contributed by atoms with van der Waals surface area (Å²) in [6.07, 6.45) is 6.53. The predicted molar refractivity (Wildman–Crippen MR) is 116 cm³/mol. The van der Waals surface area contributed by atoms with Gasteiger partial charge in [0.05, 0.1) is 12.2 Å². The highest BCUT2D eigenvalue weighted by Crippen LogP contribution is 2.08. The molecular formula is C22H29N7O. The zero-order chi connectivity index (χ0) is 20.6. The molecule has 4 rings (SSSR count). The molecule has 0 amide bonds. The normalized spacial score (nSPS) is 15.5. The summed E-state index contributed by atoms with van der Waals surface area (Å²) in [7, 11) is 1.84. The van der Waals surface area contributed by atoms with Crippen LogP contribution in [0.15, 0.2) is 64.6 Å². The maximum Gasteiger partial charge on any atom is 0.194 e. The molecule has 3 heterocycles. The second-order valence-corrected chi connectivity index (χ2v) is 7.43. The van der Waals surface area contributed by atoms with Crippen molar-refractivity contribution < 1.29 is 4.52 Å². The van der Waals surface area contributed by atoms with Gasteiger partial charge in [-0.15, -0.1) is 0 Å². The highest BCUT2D eigenvalue weighted by atomic mass is 16.5. The number of hydrogen-bond donors (Lipinski definition) is 1. The molecule has 1 aliphatic heterocycles. The molecule has 0 aliphatic carbocycles. The number of aliphatic imine (C=N–C) groups is 1. The maximum absolute atomic E-state index is 4.93. The Bertz CT molecular complexity index is 912. The minimum atomic E-state index is 0.660. The van der Waals surface area contributed by atoms with E-state index < -0.39 is 0 Å². The molecule has 0 atom stereocenters. The molecule has 8 heteroatoms. The van der Waals surface area contributed by atoms with Crippen molar-refractivity contribution in [2.24, 2.45) is 4.99 Å². The summed E-state index contributed by atoms with van der Waals surface area (Å²) < 4.78 is 7.14. The van der Waals surface area contributed by atoms with Crippen molar-refractivity contribution in [3.63, 3.8) is 0 Å². The van der Waals surface area contributed by atoms with Gasteiger partial charge in [0.1, 0.15) is 12.1 Å². The average Bonchev–Trinajstić information content (AvgIpc) is 3.46. The van der Waals surface area contributed by atoms with E-state index in [1.54, 1.807) is 6.26 Å². The first-order chi connectivity index (χ1) is 14.8. The Morgan fingerprint density at radius 2 is 1.97 bits per heavy atom. The minimum absolute atomic E-state index is 0.660. The third-order valence-electron chi connectivity index (χ3n) is 5.45. The van der Waals surface area contributed by atoms with E-state index in [0.29, 0.717) is 6.54 Å². The second kappa shape index (κ2) is 10.1. The molecule has 1 aliphatic rings. The summed E-state index contributed by atoms with van der Waals surface area (Å²) in [4.78, 5) is 13.7. The van der Waals surface area contributed by atoms with E-state index in [2.05, 4.69) is 65.1 Å². The van der Waals surface area contributed by atoms with Crippen molar-refractivity contribution in [3.05, 3.63) is 72.1 Å². The fraction of sp³-hybridized carbons (Fsp3) is 0.409. The van der Waals surface area contributed by atoms with E-state index in [-0.39, 0.29) is 0 Å². The summed E-state index contributed by atoms with van der Waals surface area (Å²) in [5, 5.41) is 7.49. The quantitative estimate of drug-likeness (QED) is 0.477. The number of guanidine groups is 1. The highest BCUT2D eigenvalue weighted by molar-refractivity contribution is 5.79. The van der Waals surface area contributed by atoms with Crippen molar-refractivity contribution in [2.75, 3.05) is 33.2 Å². The second-order valence-electron chi connectivity index (χ2n) is 7.43. The first-order valence-electron chi connectivity index (χ1n) is 10.4. The van der Waals surface area contributed by atoms with Gasteiger partial charge in [-0.1, -0.05) is 35.5 Å². The summed E-state index contributed by atoms with van der Waals surface area (Å²) in [5.74, 6) is 1.95. The molecule has 0 saturated carbocycles. The maximum atomic E-state index is 4.93. The van der Waals surface area contributed by atoms with Crippen LogP contribution in [0.2, 0.25) is 0 Å². The molecule has 1 aromatic carbocycles. The van der Waals surface area contributed by atoms with Gasteiger partial charge in [-0.05, 0) is 12.0 Å². The predicted octanol–water partition coefficient (Wildman–Crippen LogP) is 2.01. The Morgan fingerprint density at radius 1 is 1.13 bits per heavy atom. The van der Waals surface area contributed by atoms with Gasteiger partial charge in [0, 0.05) is 64.8 Å². The molecule has 0 spiro atoms. The SMILES string of the molecule is CN=C(NCc1nccn1CCc1ccccc1)N1CCN(Cc2ccon2)CC1. The Kier molecular flexibility index (Phi) is 6.76. The van der Waals surface area contributed by atoms with Crippen LogP contribution >= 0.6 is 0 Å². The number of imidazole rings is 1. The lowest BCUT2D eigenvalue weighted by Crippen LogP contribution is -2.52. The molecule has 1 N–H and O–H groups in total. The first-order valence-corrected chi connectivity index (χ1v) is 10.4. The summed E-state index contributed by atoms with van der Waals surface area (Å²) in [6.45, 7) is 6.21. The third-order valence-corrected chi connectivity index (χ3v) is 5.45. The van der Waals surface area contributed by atoms with Crippen LogP contribution in [0.3, 0.4) is 0 Å². The third kappa shape index (κ3) is 5.27. The van der Waals surface area contributed by atoms with E-state index in [1.165, 1.54) is 5.56 Å². The van der Waals surface area contributed by atoms with Crippen molar-refractivity contribution in [1.29, 1.82) is 0 Å². The van der Waals surface area contributed by atoms with E-state index in [9.17, 15) is 0 Å².